The van der Waals surface area contributed by atoms with E-state index in [4.69, 9.17) is 18.9 Å². The molecule has 146 valence electrons. The molecule has 0 bridgehead atoms. The van der Waals surface area contributed by atoms with Gasteiger partial charge in [0.05, 0.1) is 27.9 Å². The van der Waals surface area contributed by atoms with Crippen molar-refractivity contribution < 1.29 is 23.7 Å². The van der Waals surface area contributed by atoms with Crippen LogP contribution < -0.4 is 24.3 Å². The van der Waals surface area contributed by atoms with Gasteiger partial charge in [-0.1, -0.05) is 19.4 Å². The molecule has 1 unspecified atom stereocenters. The molecule has 0 heterocycles. The third-order valence-electron chi connectivity index (χ3n) is 4.15. The number of aryl methyl sites for hydroxylation is 1. The quantitative estimate of drug-likeness (QED) is 0.446. The highest BCUT2D eigenvalue weighted by molar-refractivity contribution is 7.66. The number of hydrogen-bond acceptors (Lipinski definition) is 5. The van der Waals surface area contributed by atoms with Crippen molar-refractivity contribution in [2.24, 2.45) is 0 Å². The molecule has 2 aromatic rings. The van der Waals surface area contributed by atoms with E-state index in [-0.39, 0.29) is 14.1 Å². The summed E-state index contributed by atoms with van der Waals surface area (Å²) < 4.78 is 21.8. The Morgan fingerprint density at radius 2 is 1.63 bits per heavy atom. The van der Waals surface area contributed by atoms with Crippen molar-refractivity contribution in [2.75, 3.05) is 27.9 Å². The minimum absolute atomic E-state index is 0.0457. The second-order valence-electron chi connectivity index (χ2n) is 6.04. The first kappa shape index (κ1) is 21.0. The molecule has 0 amide bonds. The van der Waals surface area contributed by atoms with Gasteiger partial charge < -0.3 is 18.9 Å². The summed E-state index contributed by atoms with van der Waals surface area (Å²) >= 11 is 0. The lowest BCUT2D eigenvalue weighted by atomic mass is 10.2. The molecule has 2 rings (SSSR count). The second-order valence-corrected chi connectivity index (χ2v) is 7.28. The molecule has 5 nitrogen and oxygen atoms in total. The normalized spacial score (nSPS) is 10.9. The van der Waals surface area contributed by atoms with Crippen LogP contribution in [0.4, 0.5) is 0 Å². The summed E-state index contributed by atoms with van der Waals surface area (Å²) in [6, 6.07) is 9.24. The molecule has 1 atom stereocenters. The largest absolute Gasteiger partial charge is 0.496 e. The molecular weight excluding hydrogens is 363 g/mol. The molecule has 0 aliphatic rings. The molecule has 27 heavy (non-hydrogen) atoms. The number of hydrogen-bond donors (Lipinski definition) is 0. The summed E-state index contributed by atoms with van der Waals surface area (Å²) in [5, 5.41) is 0.975. The van der Waals surface area contributed by atoms with Crippen LogP contribution in [0.2, 0.25) is 0 Å². The van der Waals surface area contributed by atoms with Crippen LogP contribution in [0.5, 0.6) is 23.0 Å². The molecule has 6 heteroatoms. The van der Waals surface area contributed by atoms with Gasteiger partial charge in [-0.05, 0) is 44.9 Å². The minimum atomic E-state index is -0.0471. The van der Waals surface area contributed by atoms with Crippen molar-refractivity contribution in [3.63, 3.8) is 0 Å². The summed E-state index contributed by atoms with van der Waals surface area (Å²) in [5.74, 6) is 2.30. The third kappa shape index (κ3) is 5.36. The SMILES string of the molecule is CCCCOc1ccc(PC(=O)c2c(OC)cc(OC)cc2OC)c(C)c1. The number of carbonyl (C=O) groups excluding carboxylic acids is 1. The van der Waals surface area contributed by atoms with Crippen molar-refractivity contribution in [1.82, 2.24) is 0 Å². The van der Waals surface area contributed by atoms with E-state index in [0.717, 1.165) is 29.5 Å². The average Bonchev–Trinajstić information content (AvgIpc) is 2.68. The Hall–Kier alpha value is -2.26. The predicted octanol–water partition coefficient (Wildman–Crippen LogP) is 4.34. The molecular formula is C21H27O5P. The van der Waals surface area contributed by atoms with Gasteiger partial charge >= 0.3 is 0 Å². The number of methoxy groups -OCH3 is 3. The van der Waals surface area contributed by atoms with Crippen molar-refractivity contribution in [3.8, 4) is 23.0 Å². The lowest BCUT2D eigenvalue weighted by Gasteiger charge is -2.15. The van der Waals surface area contributed by atoms with Crippen LogP contribution in [0.3, 0.4) is 0 Å². The van der Waals surface area contributed by atoms with E-state index in [1.165, 1.54) is 14.2 Å². The van der Waals surface area contributed by atoms with Gasteiger partial charge in [-0.2, -0.15) is 0 Å². The summed E-state index contributed by atoms with van der Waals surface area (Å²) in [6.07, 6.45) is 2.12. The Bertz CT molecular complexity index is 763. The summed E-state index contributed by atoms with van der Waals surface area (Å²) in [7, 11) is 4.57. The fraction of sp³-hybridized carbons (Fsp3) is 0.381. The first-order chi connectivity index (χ1) is 13.0. The minimum Gasteiger partial charge on any atom is -0.496 e. The maximum atomic E-state index is 13.0. The molecule has 0 saturated carbocycles. The van der Waals surface area contributed by atoms with Gasteiger partial charge in [-0.25, -0.2) is 0 Å². The smallest absolute Gasteiger partial charge is 0.193 e. The lowest BCUT2D eigenvalue weighted by Crippen LogP contribution is -2.08. The van der Waals surface area contributed by atoms with E-state index in [0.29, 0.717) is 29.4 Å². The molecule has 2 aromatic carbocycles. The molecule has 0 fully saturated rings. The predicted molar refractivity (Wildman–Crippen MR) is 110 cm³/mol. The van der Waals surface area contributed by atoms with Gasteiger partial charge in [0.25, 0.3) is 0 Å². The van der Waals surface area contributed by atoms with Crippen LogP contribution in [-0.2, 0) is 0 Å². The van der Waals surface area contributed by atoms with E-state index >= 15 is 0 Å². The zero-order valence-electron chi connectivity index (χ0n) is 16.5. The van der Waals surface area contributed by atoms with Crippen molar-refractivity contribution in [1.29, 1.82) is 0 Å². The van der Waals surface area contributed by atoms with Crippen molar-refractivity contribution in [2.45, 2.75) is 26.7 Å². The molecule has 0 radical (unpaired) electrons. The van der Waals surface area contributed by atoms with Gasteiger partial charge in [0, 0.05) is 12.1 Å². The highest BCUT2D eigenvalue weighted by atomic mass is 31.1. The molecule has 0 aliphatic heterocycles. The monoisotopic (exact) mass is 390 g/mol. The molecule has 0 saturated heterocycles. The Balaban J connectivity index is 2.24. The van der Waals surface area contributed by atoms with Crippen LogP contribution >= 0.6 is 8.58 Å². The standard InChI is InChI=1S/C21H27O5P/c1-6-7-10-26-15-8-9-19(14(2)11-15)27-21(22)20-17(24-4)12-16(23-3)13-18(20)25-5/h8-9,11-13,27H,6-7,10H2,1-5H3. The molecule has 0 aromatic heterocycles. The first-order valence-electron chi connectivity index (χ1n) is 8.88. The summed E-state index contributed by atoms with van der Waals surface area (Å²) in [5.41, 5.74) is 1.41. The maximum absolute atomic E-state index is 13.0. The van der Waals surface area contributed by atoms with Crippen LogP contribution in [0.15, 0.2) is 30.3 Å². The highest BCUT2D eigenvalue weighted by Crippen LogP contribution is 2.38. The van der Waals surface area contributed by atoms with E-state index < -0.39 is 0 Å². The fourth-order valence-corrected chi connectivity index (χ4v) is 3.67. The van der Waals surface area contributed by atoms with E-state index in [1.54, 1.807) is 19.2 Å². The summed E-state index contributed by atoms with van der Waals surface area (Å²) in [4.78, 5) is 13.0. The first-order valence-corrected chi connectivity index (χ1v) is 9.88. The van der Waals surface area contributed by atoms with Crippen molar-refractivity contribution >= 4 is 19.4 Å². The zero-order valence-corrected chi connectivity index (χ0v) is 17.5. The maximum Gasteiger partial charge on any atom is 0.193 e. The Morgan fingerprint density at radius 3 is 2.15 bits per heavy atom. The number of carbonyl (C=O) groups is 1. The topological polar surface area (TPSA) is 54.0 Å². The van der Waals surface area contributed by atoms with E-state index in [9.17, 15) is 4.79 Å². The van der Waals surface area contributed by atoms with Crippen molar-refractivity contribution in [3.05, 3.63) is 41.5 Å². The average molecular weight is 390 g/mol. The number of rotatable bonds is 10. The molecule has 0 spiro atoms. The van der Waals surface area contributed by atoms with Gasteiger partial charge in [0.15, 0.2) is 5.52 Å². The molecule has 0 N–H and O–H groups in total. The van der Waals surface area contributed by atoms with Gasteiger partial charge in [0.1, 0.15) is 28.6 Å². The van der Waals surface area contributed by atoms with E-state index in [1.807, 2.05) is 25.1 Å². The summed E-state index contributed by atoms with van der Waals surface area (Å²) in [6.45, 7) is 4.83. The van der Waals surface area contributed by atoms with E-state index in [2.05, 4.69) is 6.92 Å². The van der Waals surface area contributed by atoms with Gasteiger partial charge in [-0.15, -0.1) is 0 Å². The Labute approximate surface area is 162 Å². The van der Waals surface area contributed by atoms with Gasteiger partial charge in [-0.3, -0.25) is 4.79 Å². The number of benzene rings is 2. The zero-order chi connectivity index (χ0) is 19.8. The lowest BCUT2D eigenvalue weighted by molar-refractivity contribution is 0.108. The van der Waals surface area contributed by atoms with Crippen LogP contribution in [0.25, 0.3) is 0 Å². The number of ether oxygens (including phenoxy) is 4. The van der Waals surface area contributed by atoms with Crippen LogP contribution in [0, 0.1) is 6.92 Å². The Kier molecular flexibility index (Phi) is 7.93. The van der Waals surface area contributed by atoms with Crippen LogP contribution in [0.1, 0.15) is 35.7 Å². The third-order valence-corrected chi connectivity index (χ3v) is 5.46. The molecule has 0 aliphatic carbocycles. The second kappa shape index (κ2) is 10.2. The highest BCUT2D eigenvalue weighted by Gasteiger charge is 2.21. The fourth-order valence-electron chi connectivity index (χ4n) is 2.61. The number of unbranched alkanes of at least 4 members (excludes halogenated alkanes) is 1. The van der Waals surface area contributed by atoms with Crippen LogP contribution in [-0.4, -0.2) is 33.5 Å². The van der Waals surface area contributed by atoms with Gasteiger partial charge in [0.2, 0.25) is 0 Å². The Morgan fingerprint density at radius 1 is 0.963 bits per heavy atom.